The summed E-state index contributed by atoms with van der Waals surface area (Å²) >= 11 is 0. The van der Waals surface area contributed by atoms with Crippen LogP contribution in [0.15, 0.2) is 53.7 Å². The Bertz CT molecular complexity index is 863. The molecule has 0 radical (unpaired) electrons. The molecule has 0 bridgehead atoms. The number of hydrogen-bond donors (Lipinski definition) is 1. The second kappa shape index (κ2) is 7.94. The van der Waals surface area contributed by atoms with Crippen molar-refractivity contribution < 1.29 is 13.2 Å². The Labute approximate surface area is 153 Å². The maximum Gasteiger partial charge on any atom is 0.251 e. The zero-order valence-electron chi connectivity index (χ0n) is 14.6. The number of sulfonamides is 1. The third-order valence-corrected chi connectivity index (χ3v) is 6.29. The van der Waals surface area contributed by atoms with Gasteiger partial charge in [0.1, 0.15) is 0 Å². The Morgan fingerprint density at radius 3 is 2.50 bits per heavy atom. The second-order valence-corrected chi connectivity index (χ2v) is 8.21. The number of carbonyl (C=O) groups excluding carboxylic acids is 1. The topological polar surface area (TPSA) is 82.6 Å². The molecule has 1 saturated heterocycles. The molecule has 0 saturated carbocycles. The van der Waals surface area contributed by atoms with Crippen LogP contribution in [0.3, 0.4) is 0 Å². The molecule has 26 heavy (non-hydrogen) atoms. The highest BCUT2D eigenvalue weighted by molar-refractivity contribution is 7.89. The number of likely N-dealkylation sites (N-methyl/N-ethyl adjacent to an activating group) is 1. The van der Waals surface area contributed by atoms with Gasteiger partial charge >= 0.3 is 0 Å². The molecule has 8 heteroatoms. The Morgan fingerprint density at radius 1 is 1.12 bits per heavy atom. The summed E-state index contributed by atoms with van der Waals surface area (Å²) < 4.78 is 27.1. The van der Waals surface area contributed by atoms with Crippen LogP contribution in [0.4, 0.5) is 0 Å². The third-order valence-electron chi connectivity index (χ3n) is 4.40. The lowest BCUT2D eigenvalue weighted by atomic mass is 10.2. The van der Waals surface area contributed by atoms with E-state index in [1.165, 1.54) is 16.4 Å². The molecule has 1 aromatic carbocycles. The molecule has 7 nitrogen and oxygen atoms in total. The van der Waals surface area contributed by atoms with Gasteiger partial charge in [0.15, 0.2) is 0 Å². The maximum atomic E-state index is 12.8. The quantitative estimate of drug-likeness (QED) is 0.843. The van der Waals surface area contributed by atoms with Gasteiger partial charge in [-0.15, -0.1) is 0 Å². The number of amides is 1. The smallest absolute Gasteiger partial charge is 0.251 e. The average molecular weight is 374 g/mol. The lowest BCUT2D eigenvalue weighted by Gasteiger charge is -2.31. The molecule has 1 N–H and O–H groups in total. The fourth-order valence-electron chi connectivity index (χ4n) is 2.76. The van der Waals surface area contributed by atoms with Crippen LogP contribution >= 0.6 is 0 Å². The molecule has 3 rings (SSSR count). The Morgan fingerprint density at radius 2 is 1.81 bits per heavy atom. The van der Waals surface area contributed by atoms with E-state index < -0.39 is 10.0 Å². The summed E-state index contributed by atoms with van der Waals surface area (Å²) in [5, 5.41) is 2.80. The van der Waals surface area contributed by atoms with Crippen molar-refractivity contribution in [3.8, 4) is 0 Å². The molecular weight excluding hydrogens is 352 g/mol. The molecule has 2 heterocycles. The van der Waals surface area contributed by atoms with Crippen molar-refractivity contribution in [2.75, 3.05) is 33.2 Å². The maximum absolute atomic E-state index is 12.8. The fourth-order valence-corrected chi connectivity index (χ4v) is 4.23. The first-order chi connectivity index (χ1) is 12.5. The van der Waals surface area contributed by atoms with Gasteiger partial charge in [-0.2, -0.15) is 4.31 Å². The predicted octanol–water partition coefficient (Wildman–Crippen LogP) is 0.948. The van der Waals surface area contributed by atoms with Gasteiger partial charge in [-0.05, 0) is 42.9 Å². The van der Waals surface area contributed by atoms with Gasteiger partial charge in [-0.3, -0.25) is 9.78 Å². The average Bonchev–Trinajstić information content (AvgIpc) is 2.67. The summed E-state index contributed by atoms with van der Waals surface area (Å²) in [7, 11) is -1.62. The van der Waals surface area contributed by atoms with E-state index in [9.17, 15) is 13.2 Å². The minimum absolute atomic E-state index is 0.151. The van der Waals surface area contributed by atoms with Crippen LogP contribution in [-0.4, -0.2) is 61.7 Å². The SMILES string of the molecule is CN1CCN(S(=O)(=O)c2cccc(C(=O)NCc3ccncc3)c2)CC1. The van der Waals surface area contributed by atoms with Crippen LogP contribution in [0.2, 0.25) is 0 Å². The van der Waals surface area contributed by atoms with E-state index >= 15 is 0 Å². The predicted molar refractivity (Wildman–Crippen MR) is 98.1 cm³/mol. The van der Waals surface area contributed by atoms with Crippen molar-refractivity contribution in [3.63, 3.8) is 0 Å². The van der Waals surface area contributed by atoms with Crippen molar-refractivity contribution in [2.45, 2.75) is 11.4 Å². The van der Waals surface area contributed by atoms with Crippen LogP contribution in [0, 0.1) is 0 Å². The summed E-state index contributed by atoms with van der Waals surface area (Å²) in [4.78, 5) is 18.5. The molecule has 0 aliphatic carbocycles. The van der Waals surface area contributed by atoms with E-state index in [1.54, 1.807) is 24.5 Å². The first-order valence-corrected chi connectivity index (χ1v) is 9.87. The molecule has 1 aliphatic heterocycles. The monoisotopic (exact) mass is 374 g/mol. The zero-order valence-corrected chi connectivity index (χ0v) is 15.4. The first-order valence-electron chi connectivity index (χ1n) is 8.43. The fraction of sp³-hybridized carbons (Fsp3) is 0.333. The van der Waals surface area contributed by atoms with Gasteiger partial charge < -0.3 is 10.2 Å². The van der Waals surface area contributed by atoms with Gasteiger partial charge in [0.05, 0.1) is 4.90 Å². The van der Waals surface area contributed by atoms with E-state index in [0.717, 1.165) is 5.56 Å². The van der Waals surface area contributed by atoms with Crippen molar-refractivity contribution >= 4 is 15.9 Å². The number of aromatic nitrogens is 1. The highest BCUT2D eigenvalue weighted by Gasteiger charge is 2.27. The Kier molecular flexibility index (Phi) is 5.65. The number of nitrogens with zero attached hydrogens (tertiary/aromatic N) is 3. The van der Waals surface area contributed by atoms with Crippen molar-refractivity contribution in [1.29, 1.82) is 0 Å². The van der Waals surface area contributed by atoms with Crippen molar-refractivity contribution in [1.82, 2.24) is 19.5 Å². The van der Waals surface area contributed by atoms with Crippen LogP contribution in [0.1, 0.15) is 15.9 Å². The number of nitrogens with one attached hydrogen (secondary N) is 1. The minimum Gasteiger partial charge on any atom is -0.348 e. The van der Waals surface area contributed by atoms with Crippen LogP contribution < -0.4 is 5.32 Å². The lowest BCUT2D eigenvalue weighted by Crippen LogP contribution is -2.47. The van der Waals surface area contributed by atoms with E-state index in [1.807, 2.05) is 19.2 Å². The van der Waals surface area contributed by atoms with Crippen molar-refractivity contribution in [3.05, 3.63) is 59.9 Å². The Balaban J connectivity index is 1.72. The number of piperazine rings is 1. The van der Waals surface area contributed by atoms with Gasteiger partial charge in [0, 0.05) is 50.7 Å². The summed E-state index contributed by atoms with van der Waals surface area (Å²) in [6.07, 6.45) is 3.31. The highest BCUT2D eigenvalue weighted by Crippen LogP contribution is 2.18. The number of pyridine rings is 1. The molecule has 138 valence electrons. The molecule has 1 aliphatic rings. The standard InChI is InChI=1S/C18H22N4O3S/c1-21-9-11-22(12-10-21)26(24,25)17-4-2-3-16(13-17)18(23)20-14-15-5-7-19-8-6-15/h2-8,13H,9-12,14H2,1H3,(H,20,23). The number of carbonyl (C=O) groups is 1. The number of rotatable bonds is 5. The molecule has 1 amide bonds. The minimum atomic E-state index is -3.59. The van der Waals surface area contributed by atoms with Gasteiger partial charge in [-0.1, -0.05) is 6.07 Å². The summed E-state index contributed by atoms with van der Waals surface area (Å²) in [5.41, 5.74) is 1.25. The van der Waals surface area contributed by atoms with E-state index in [-0.39, 0.29) is 10.8 Å². The summed E-state index contributed by atoms with van der Waals surface area (Å²) in [5.74, 6) is -0.308. The molecular formula is C18H22N4O3S. The Hall–Kier alpha value is -2.29. The van der Waals surface area contributed by atoms with Crippen LogP contribution in [0.5, 0.6) is 0 Å². The van der Waals surface area contributed by atoms with Crippen LogP contribution in [-0.2, 0) is 16.6 Å². The zero-order chi connectivity index (χ0) is 18.6. The second-order valence-electron chi connectivity index (χ2n) is 6.27. The molecule has 0 unspecified atom stereocenters. The van der Waals surface area contributed by atoms with E-state index in [2.05, 4.69) is 15.2 Å². The van der Waals surface area contributed by atoms with Gasteiger partial charge in [0.25, 0.3) is 5.91 Å². The highest BCUT2D eigenvalue weighted by atomic mass is 32.2. The van der Waals surface area contributed by atoms with Gasteiger partial charge in [-0.25, -0.2) is 8.42 Å². The normalized spacial score (nSPS) is 16.3. The third kappa shape index (κ3) is 4.27. The summed E-state index contributed by atoms with van der Waals surface area (Å²) in [6, 6.07) is 9.82. The molecule has 2 aromatic rings. The van der Waals surface area contributed by atoms with Gasteiger partial charge in [0.2, 0.25) is 10.0 Å². The molecule has 0 atom stereocenters. The van der Waals surface area contributed by atoms with E-state index in [0.29, 0.717) is 38.3 Å². The first kappa shape index (κ1) is 18.5. The lowest BCUT2D eigenvalue weighted by molar-refractivity contribution is 0.0950. The molecule has 1 fully saturated rings. The van der Waals surface area contributed by atoms with Crippen molar-refractivity contribution in [2.24, 2.45) is 0 Å². The molecule has 1 aromatic heterocycles. The van der Waals surface area contributed by atoms with Crippen LogP contribution in [0.25, 0.3) is 0 Å². The largest absolute Gasteiger partial charge is 0.348 e. The van der Waals surface area contributed by atoms with E-state index in [4.69, 9.17) is 0 Å². The number of benzene rings is 1. The summed E-state index contributed by atoms with van der Waals surface area (Å²) in [6.45, 7) is 2.67. The number of hydrogen-bond acceptors (Lipinski definition) is 5. The molecule has 0 spiro atoms.